The summed E-state index contributed by atoms with van der Waals surface area (Å²) in [5, 5.41) is 16.1. The lowest BCUT2D eigenvalue weighted by atomic mass is 10.1. The van der Waals surface area contributed by atoms with E-state index in [1.54, 1.807) is 24.3 Å². The first-order chi connectivity index (χ1) is 11.4. The van der Waals surface area contributed by atoms with Gasteiger partial charge in [0.15, 0.2) is 0 Å². The molecule has 8 nitrogen and oxygen atoms in total. The van der Waals surface area contributed by atoms with Crippen molar-refractivity contribution in [3.8, 4) is 5.75 Å². The van der Waals surface area contributed by atoms with Crippen molar-refractivity contribution in [2.75, 3.05) is 17.7 Å². The van der Waals surface area contributed by atoms with Crippen LogP contribution in [0.15, 0.2) is 42.5 Å². The molecule has 0 atom stereocenters. The van der Waals surface area contributed by atoms with Gasteiger partial charge in [0.2, 0.25) is 5.91 Å². The Hall–Kier alpha value is -3.42. The van der Waals surface area contributed by atoms with Crippen molar-refractivity contribution < 1.29 is 19.2 Å². The first kappa shape index (κ1) is 16.9. The zero-order chi connectivity index (χ0) is 17.7. The van der Waals surface area contributed by atoms with E-state index >= 15 is 0 Å². The predicted octanol–water partition coefficient (Wildman–Crippen LogP) is 2.81. The molecule has 0 fully saturated rings. The molecular formula is C16H15N3O5. The Labute approximate surface area is 137 Å². The maximum atomic E-state index is 12.4. The summed E-state index contributed by atoms with van der Waals surface area (Å²) >= 11 is 0. The Morgan fingerprint density at radius 1 is 1.08 bits per heavy atom. The van der Waals surface area contributed by atoms with E-state index in [2.05, 4.69) is 10.6 Å². The number of nitro benzene ring substituents is 1. The van der Waals surface area contributed by atoms with Gasteiger partial charge in [-0.3, -0.25) is 19.7 Å². The first-order valence-electron chi connectivity index (χ1n) is 6.92. The summed E-state index contributed by atoms with van der Waals surface area (Å²) < 4.78 is 5.07. The average Bonchev–Trinajstić information content (AvgIpc) is 2.53. The molecule has 0 saturated heterocycles. The van der Waals surface area contributed by atoms with Gasteiger partial charge < -0.3 is 15.4 Å². The second-order valence-corrected chi connectivity index (χ2v) is 4.86. The quantitative estimate of drug-likeness (QED) is 0.647. The lowest BCUT2D eigenvalue weighted by molar-refractivity contribution is -0.384. The van der Waals surface area contributed by atoms with Gasteiger partial charge in [-0.2, -0.15) is 0 Å². The summed E-state index contributed by atoms with van der Waals surface area (Å²) in [5.41, 5.74) is 0.774. The molecule has 2 rings (SSSR count). The molecule has 0 saturated carbocycles. The Bertz CT molecular complexity index is 804. The maximum absolute atomic E-state index is 12.4. The molecule has 2 amide bonds. The molecule has 0 radical (unpaired) electrons. The summed E-state index contributed by atoms with van der Waals surface area (Å²) in [7, 11) is 1.37. The fourth-order valence-corrected chi connectivity index (χ4v) is 2.06. The van der Waals surface area contributed by atoms with E-state index in [1.165, 1.54) is 26.2 Å². The molecule has 2 aromatic carbocycles. The molecule has 0 bridgehead atoms. The van der Waals surface area contributed by atoms with E-state index in [4.69, 9.17) is 4.74 Å². The maximum Gasteiger partial charge on any atom is 0.270 e. The number of nitro groups is 1. The Balaban J connectivity index is 2.28. The Morgan fingerprint density at radius 2 is 1.75 bits per heavy atom. The molecule has 8 heteroatoms. The lowest BCUT2D eigenvalue weighted by Crippen LogP contribution is -2.14. The molecule has 0 aromatic heterocycles. The molecule has 2 aromatic rings. The molecule has 0 aliphatic carbocycles. The number of rotatable bonds is 5. The zero-order valence-corrected chi connectivity index (χ0v) is 13.0. The number of ether oxygens (including phenoxy) is 1. The number of hydrogen-bond donors (Lipinski definition) is 2. The fourth-order valence-electron chi connectivity index (χ4n) is 2.06. The number of carbonyl (C=O) groups excluding carboxylic acids is 2. The summed E-state index contributed by atoms with van der Waals surface area (Å²) in [6.07, 6.45) is 0. The highest BCUT2D eigenvalue weighted by molar-refractivity contribution is 6.07. The van der Waals surface area contributed by atoms with E-state index in [1.807, 2.05) is 0 Å². The number of anilines is 2. The van der Waals surface area contributed by atoms with Gasteiger partial charge in [-0.05, 0) is 24.3 Å². The summed E-state index contributed by atoms with van der Waals surface area (Å²) in [6.45, 7) is 1.37. The van der Waals surface area contributed by atoms with Crippen molar-refractivity contribution in [2.24, 2.45) is 0 Å². The van der Waals surface area contributed by atoms with Gasteiger partial charge in [-0.1, -0.05) is 6.07 Å². The van der Waals surface area contributed by atoms with Gasteiger partial charge in [-0.15, -0.1) is 0 Å². The highest BCUT2D eigenvalue weighted by atomic mass is 16.6. The van der Waals surface area contributed by atoms with Gasteiger partial charge >= 0.3 is 0 Å². The largest absolute Gasteiger partial charge is 0.496 e. The third kappa shape index (κ3) is 4.07. The number of non-ortho nitro benzene ring substituents is 1. The molecule has 0 unspecified atom stereocenters. The fraction of sp³-hybridized carbons (Fsp3) is 0.125. The molecule has 2 N–H and O–H groups in total. The van der Waals surface area contributed by atoms with Crippen molar-refractivity contribution in [3.05, 3.63) is 58.1 Å². The number of hydrogen-bond acceptors (Lipinski definition) is 5. The average molecular weight is 329 g/mol. The third-order valence-electron chi connectivity index (χ3n) is 3.08. The minimum Gasteiger partial charge on any atom is -0.496 e. The monoisotopic (exact) mass is 329 g/mol. The summed E-state index contributed by atoms with van der Waals surface area (Å²) in [4.78, 5) is 33.8. The van der Waals surface area contributed by atoms with Crippen LogP contribution in [0.3, 0.4) is 0 Å². The van der Waals surface area contributed by atoms with Crippen LogP contribution in [0.4, 0.5) is 17.1 Å². The van der Waals surface area contributed by atoms with E-state index < -0.39 is 10.8 Å². The van der Waals surface area contributed by atoms with Crippen LogP contribution in [0, 0.1) is 10.1 Å². The lowest BCUT2D eigenvalue weighted by Gasteiger charge is -2.10. The number of amides is 2. The van der Waals surface area contributed by atoms with Crippen LogP contribution in [-0.2, 0) is 4.79 Å². The van der Waals surface area contributed by atoms with Gasteiger partial charge in [0.05, 0.1) is 17.6 Å². The SMILES string of the molecule is COc1ccc([N+](=O)[O-])cc1C(=O)Nc1cccc(NC(C)=O)c1. The molecule has 0 aliphatic rings. The molecule has 24 heavy (non-hydrogen) atoms. The number of nitrogens with zero attached hydrogens (tertiary/aromatic N) is 1. The minimum absolute atomic E-state index is 0.0385. The topological polar surface area (TPSA) is 111 Å². The van der Waals surface area contributed by atoms with Crippen LogP contribution in [0.1, 0.15) is 17.3 Å². The number of methoxy groups -OCH3 is 1. The van der Waals surface area contributed by atoms with Crippen LogP contribution in [-0.4, -0.2) is 23.8 Å². The molecular weight excluding hydrogens is 314 g/mol. The van der Waals surface area contributed by atoms with Gasteiger partial charge in [0, 0.05) is 30.4 Å². The number of carbonyl (C=O) groups is 2. The summed E-state index contributed by atoms with van der Waals surface area (Å²) in [5.74, 6) is -0.578. The van der Waals surface area contributed by atoms with Crippen LogP contribution in [0.5, 0.6) is 5.75 Å². The van der Waals surface area contributed by atoms with Gasteiger partial charge in [0.25, 0.3) is 11.6 Å². The van der Waals surface area contributed by atoms with Crippen LogP contribution < -0.4 is 15.4 Å². The standard InChI is InChI=1S/C16H15N3O5/c1-10(20)17-11-4-3-5-12(8-11)18-16(21)14-9-13(19(22)23)6-7-15(14)24-2/h3-9H,1-2H3,(H,17,20)(H,18,21). The second kappa shape index (κ2) is 7.23. The molecule has 0 spiro atoms. The van der Waals surface area contributed by atoms with E-state index in [0.29, 0.717) is 11.4 Å². The first-order valence-corrected chi connectivity index (χ1v) is 6.92. The van der Waals surface area contributed by atoms with E-state index in [-0.39, 0.29) is 22.9 Å². The van der Waals surface area contributed by atoms with Gasteiger partial charge in [0.1, 0.15) is 5.75 Å². The highest BCUT2D eigenvalue weighted by Gasteiger charge is 2.17. The normalized spacial score (nSPS) is 9.92. The highest BCUT2D eigenvalue weighted by Crippen LogP contribution is 2.25. The number of nitrogens with one attached hydrogen (secondary N) is 2. The van der Waals surface area contributed by atoms with Crippen molar-refractivity contribution >= 4 is 28.9 Å². The van der Waals surface area contributed by atoms with Crippen LogP contribution in [0.2, 0.25) is 0 Å². The van der Waals surface area contributed by atoms with Crippen molar-refractivity contribution in [1.82, 2.24) is 0 Å². The van der Waals surface area contributed by atoms with Crippen molar-refractivity contribution in [1.29, 1.82) is 0 Å². The predicted molar refractivity (Wildman–Crippen MR) is 88.3 cm³/mol. The van der Waals surface area contributed by atoms with Crippen LogP contribution >= 0.6 is 0 Å². The smallest absolute Gasteiger partial charge is 0.270 e. The Kier molecular flexibility index (Phi) is 5.10. The van der Waals surface area contributed by atoms with Gasteiger partial charge in [-0.25, -0.2) is 0 Å². The van der Waals surface area contributed by atoms with Crippen LogP contribution in [0.25, 0.3) is 0 Å². The van der Waals surface area contributed by atoms with E-state index in [9.17, 15) is 19.7 Å². The third-order valence-corrected chi connectivity index (χ3v) is 3.08. The molecule has 0 heterocycles. The number of benzene rings is 2. The Morgan fingerprint density at radius 3 is 2.33 bits per heavy atom. The van der Waals surface area contributed by atoms with Crippen molar-refractivity contribution in [2.45, 2.75) is 6.92 Å². The van der Waals surface area contributed by atoms with Crippen molar-refractivity contribution in [3.63, 3.8) is 0 Å². The molecule has 0 aliphatic heterocycles. The second-order valence-electron chi connectivity index (χ2n) is 4.86. The minimum atomic E-state index is -0.590. The van der Waals surface area contributed by atoms with E-state index in [0.717, 1.165) is 6.07 Å². The molecule has 124 valence electrons. The summed E-state index contributed by atoms with van der Waals surface area (Å²) in [6, 6.07) is 10.3. The zero-order valence-electron chi connectivity index (χ0n) is 13.0.